The summed E-state index contributed by atoms with van der Waals surface area (Å²) in [4.78, 5) is 8.96. The first-order valence-electron chi connectivity index (χ1n) is 8.75. The Morgan fingerprint density at radius 3 is 2.62 bits per heavy atom. The van der Waals surface area contributed by atoms with Gasteiger partial charge in [-0.05, 0) is 42.8 Å². The molecule has 6 heteroatoms. The Hall–Kier alpha value is -3.09. The maximum atomic E-state index is 9.27. The van der Waals surface area contributed by atoms with E-state index >= 15 is 0 Å². The molecule has 6 nitrogen and oxygen atoms in total. The Kier molecular flexibility index (Phi) is 6.03. The highest BCUT2D eigenvalue weighted by Gasteiger charge is 2.18. The summed E-state index contributed by atoms with van der Waals surface area (Å²) in [7, 11) is 0. The third-order valence-electron chi connectivity index (χ3n) is 4.45. The number of hydrogen-bond donors (Lipinski definition) is 0. The molecule has 0 radical (unpaired) electrons. The van der Waals surface area contributed by atoms with Crippen LogP contribution in [0.25, 0.3) is 0 Å². The molecule has 26 heavy (non-hydrogen) atoms. The molecule has 1 aromatic heterocycles. The van der Waals surface area contributed by atoms with Crippen molar-refractivity contribution in [3.8, 4) is 17.9 Å². The predicted molar refractivity (Wildman–Crippen MR) is 98.9 cm³/mol. The molecule has 1 saturated heterocycles. The van der Waals surface area contributed by atoms with Crippen molar-refractivity contribution in [3.05, 3.63) is 53.7 Å². The van der Waals surface area contributed by atoms with Gasteiger partial charge in [0.25, 0.3) is 0 Å². The minimum absolute atomic E-state index is 0.610. The molecule has 0 bridgehead atoms. The van der Waals surface area contributed by atoms with E-state index in [0.717, 1.165) is 50.7 Å². The Morgan fingerprint density at radius 2 is 1.85 bits per heavy atom. The topological polar surface area (TPSA) is 76.2 Å². The minimum Gasteiger partial charge on any atom is -0.492 e. The molecule has 3 rings (SSSR count). The first kappa shape index (κ1) is 17.7. The van der Waals surface area contributed by atoms with Gasteiger partial charge in [0.1, 0.15) is 24.2 Å². The van der Waals surface area contributed by atoms with Crippen molar-refractivity contribution in [1.29, 1.82) is 10.5 Å². The van der Waals surface area contributed by atoms with E-state index < -0.39 is 0 Å². The van der Waals surface area contributed by atoms with Gasteiger partial charge in [0, 0.05) is 38.9 Å². The summed E-state index contributed by atoms with van der Waals surface area (Å²) < 4.78 is 5.78. The zero-order valence-electron chi connectivity index (χ0n) is 14.6. The highest BCUT2D eigenvalue weighted by Crippen LogP contribution is 2.18. The van der Waals surface area contributed by atoms with E-state index in [9.17, 15) is 5.26 Å². The second-order valence-electron chi connectivity index (χ2n) is 6.15. The molecule has 0 unspecified atom stereocenters. The van der Waals surface area contributed by atoms with E-state index in [0.29, 0.717) is 17.7 Å². The number of pyridine rings is 1. The van der Waals surface area contributed by atoms with Crippen LogP contribution in [-0.4, -0.2) is 49.2 Å². The van der Waals surface area contributed by atoms with Gasteiger partial charge in [-0.1, -0.05) is 0 Å². The van der Waals surface area contributed by atoms with E-state index in [1.54, 1.807) is 24.4 Å². The van der Waals surface area contributed by atoms with E-state index in [1.807, 2.05) is 18.2 Å². The molecule has 0 atom stereocenters. The third-order valence-corrected chi connectivity index (χ3v) is 4.45. The Morgan fingerprint density at radius 1 is 1.00 bits per heavy atom. The van der Waals surface area contributed by atoms with E-state index in [1.165, 1.54) is 0 Å². The molecule has 1 aliphatic rings. The van der Waals surface area contributed by atoms with Gasteiger partial charge in [-0.3, -0.25) is 4.90 Å². The number of anilines is 1. The van der Waals surface area contributed by atoms with Crippen molar-refractivity contribution in [1.82, 2.24) is 9.88 Å². The second kappa shape index (κ2) is 8.84. The van der Waals surface area contributed by atoms with Crippen LogP contribution < -0.4 is 9.64 Å². The lowest BCUT2D eigenvalue weighted by Crippen LogP contribution is -2.33. The smallest absolute Gasteiger partial charge is 0.146 e. The van der Waals surface area contributed by atoms with Crippen molar-refractivity contribution in [2.24, 2.45) is 0 Å². The average Bonchev–Trinajstić information content (AvgIpc) is 2.94. The van der Waals surface area contributed by atoms with Crippen molar-refractivity contribution in [3.63, 3.8) is 0 Å². The van der Waals surface area contributed by atoms with Crippen LogP contribution in [0.3, 0.4) is 0 Å². The normalized spacial score (nSPS) is 14.9. The number of rotatable bonds is 5. The molecule has 2 heterocycles. The molecule has 132 valence electrons. The second-order valence-corrected chi connectivity index (χ2v) is 6.15. The van der Waals surface area contributed by atoms with Gasteiger partial charge >= 0.3 is 0 Å². The lowest BCUT2D eigenvalue weighted by atomic mass is 10.2. The summed E-state index contributed by atoms with van der Waals surface area (Å²) in [5, 5.41) is 18.1. The molecule has 0 saturated carbocycles. The fraction of sp³-hybridized carbons (Fsp3) is 0.350. The van der Waals surface area contributed by atoms with Crippen LogP contribution in [0, 0.1) is 22.7 Å². The summed E-state index contributed by atoms with van der Waals surface area (Å²) in [6.07, 6.45) is 2.77. The largest absolute Gasteiger partial charge is 0.492 e. The van der Waals surface area contributed by atoms with Crippen LogP contribution in [0.1, 0.15) is 17.5 Å². The van der Waals surface area contributed by atoms with Gasteiger partial charge in [0.2, 0.25) is 0 Å². The monoisotopic (exact) mass is 347 g/mol. The van der Waals surface area contributed by atoms with Gasteiger partial charge in [-0.25, -0.2) is 4.98 Å². The van der Waals surface area contributed by atoms with Gasteiger partial charge in [0.05, 0.1) is 17.2 Å². The lowest BCUT2D eigenvalue weighted by Gasteiger charge is -2.23. The van der Waals surface area contributed by atoms with Gasteiger partial charge in [-0.15, -0.1) is 0 Å². The summed E-state index contributed by atoms with van der Waals surface area (Å²) in [5.41, 5.74) is 1.27. The molecule has 0 amide bonds. The summed E-state index contributed by atoms with van der Waals surface area (Å²) in [6, 6.07) is 15.1. The number of ether oxygens (including phenoxy) is 1. The van der Waals surface area contributed by atoms with E-state index in [4.69, 9.17) is 10.00 Å². The molecule has 0 spiro atoms. The van der Waals surface area contributed by atoms with Crippen LogP contribution in [0.2, 0.25) is 0 Å². The van der Waals surface area contributed by atoms with Crippen molar-refractivity contribution in [2.75, 3.05) is 44.2 Å². The lowest BCUT2D eigenvalue weighted by molar-refractivity contribution is 0.218. The van der Waals surface area contributed by atoms with Crippen LogP contribution in [0.4, 0.5) is 5.82 Å². The first-order chi connectivity index (χ1) is 12.8. The number of hydrogen-bond acceptors (Lipinski definition) is 6. The SMILES string of the molecule is N#Cc1ccc(OCCN2CCCN(c3ncccc3C#N)CC2)cc1. The molecular weight excluding hydrogens is 326 g/mol. The average molecular weight is 347 g/mol. The van der Waals surface area contributed by atoms with Crippen molar-refractivity contribution in [2.45, 2.75) is 6.42 Å². The Bertz CT molecular complexity index is 806. The summed E-state index contributed by atoms with van der Waals surface area (Å²) in [5.74, 6) is 1.57. The predicted octanol–water partition coefficient (Wildman–Crippen LogP) is 2.42. The number of aromatic nitrogens is 1. The van der Waals surface area contributed by atoms with Gasteiger partial charge in [0.15, 0.2) is 0 Å². The van der Waals surface area contributed by atoms with Gasteiger partial charge < -0.3 is 9.64 Å². The zero-order valence-corrected chi connectivity index (χ0v) is 14.6. The van der Waals surface area contributed by atoms with E-state index in [-0.39, 0.29) is 0 Å². The Labute approximate surface area is 153 Å². The van der Waals surface area contributed by atoms with Crippen molar-refractivity contribution < 1.29 is 4.74 Å². The highest BCUT2D eigenvalue weighted by molar-refractivity contribution is 5.53. The number of nitrogens with zero attached hydrogens (tertiary/aromatic N) is 5. The quantitative estimate of drug-likeness (QED) is 0.827. The molecule has 1 aromatic carbocycles. The summed E-state index contributed by atoms with van der Waals surface area (Å²) in [6.45, 7) is 5.13. The first-order valence-corrected chi connectivity index (χ1v) is 8.75. The van der Waals surface area contributed by atoms with Crippen LogP contribution >= 0.6 is 0 Å². The van der Waals surface area contributed by atoms with Gasteiger partial charge in [-0.2, -0.15) is 10.5 Å². The molecule has 0 aliphatic carbocycles. The molecule has 0 N–H and O–H groups in total. The van der Waals surface area contributed by atoms with Crippen LogP contribution in [-0.2, 0) is 0 Å². The number of nitriles is 2. The van der Waals surface area contributed by atoms with E-state index in [2.05, 4.69) is 26.9 Å². The molecule has 1 aliphatic heterocycles. The van der Waals surface area contributed by atoms with Crippen molar-refractivity contribution >= 4 is 5.82 Å². The van der Waals surface area contributed by atoms with Crippen LogP contribution in [0.5, 0.6) is 5.75 Å². The Balaban J connectivity index is 1.49. The third kappa shape index (κ3) is 4.50. The maximum Gasteiger partial charge on any atom is 0.146 e. The fourth-order valence-corrected chi connectivity index (χ4v) is 3.06. The number of benzene rings is 1. The standard InChI is InChI=1S/C20H21N5O/c21-15-17-4-6-19(7-5-17)26-14-13-24-9-2-10-25(12-11-24)20-18(16-22)3-1-8-23-20/h1,3-8H,2,9-14H2. The maximum absolute atomic E-state index is 9.27. The fourth-order valence-electron chi connectivity index (χ4n) is 3.06. The summed E-state index contributed by atoms with van der Waals surface area (Å²) >= 11 is 0. The molecule has 2 aromatic rings. The molecule has 1 fully saturated rings. The minimum atomic E-state index is 0.610. The van der Waals surface area contributed by atoms with Crippen LogP contribution in [0.15, 0.2) is 42.6 Å². The zero-order chi connectivity index (χ0) is 18.2. The molecular formula is C20H21N5O. The highest BCUT2D eigenvalue weighted by atomic mass is 16.5.